The molecule has 100 valence electrons. The number of thiazole rings is 1. The molecule has 0 bridgehead atoms. The molecule has 1 fully saturated rings. The van der Waals surface area contributed by atoms with Crippen LogP contribution in [0.15, 0.2) is 0 Å². The minimum Gasteiger partial charge on any atom is -0.477 e. The smallest absolute Gasteiger partial charge is 0.347 e. The Morgan fingerprint density at radius 1 is 1.44 bits per heavy atom. The lowest BCUT2D eigenvalue weighted by Crippen LogP contribution is -2.38. The number of anilines is 1. The number of aromatic carboxylic acids is 1. The third kappa shape index (κ3) is 2.51. The van der Waals surface area contributed by atoms with Gasteiger partial charge in [0.2, 0.25) is 0 Å². The van der Waals surface area contributed by atoms with Gasteiger partial charge in [-0.25, -0.2) is 9.78 Å². The van der Waals surface area contributed by atoms with Crippen molar-refractivity contribution in [1.29, 1.82) is 0 Å². The normalized spacial score (nSPS) is 23.9. The number of hydrogen-bond acceptors (Lipinski definition) is 4. The molecule has 0 radical (unpaired) electrons. The van der Waals surface area contributed by atoms with Crippen molar-refractivity contribution in [2.75, 3.05) is 11.9 Å². The van der Waals surface area contributed by atoms with Crippen LogP contribution >= 0.6 is 11.3 Å². The van der Waals surface area contributed by atoms with Gasteiger partial charge in [0.1, 0.15) is 4.88 Å². The van der Waals surface area contributed by atoms with Crippen LogP contribution in [0.25, 0.3) is 0 Å². The van der Waals surface area contributed by atoms with Gasteiger partial charge in [-0.3, -0.25) is 0 Å². The summed E-state index contributed by atoms with van der Waals surface area (Å²) in [7, 11) is 2.04. The monoisotopic (exact) mass is 268 g/mol. The molecule has 0 aliphatic heterocycles. The van der Waals surface area contributed by atoms with Gasteiger partial charge in [-0.15, -0.1) is 0 Å². The molecule has 0 spiro atoms. The number of rotatable bonds is 3. The second-order valence-electron chi connectivity index (χ2n) is 5.16. The fraction of sp³-hybridized carbons (Fsp3) is 0.692. The van der Waals surface area contributed by atoms with Gasteiger partial charge >= 0.3 is 5.97 Å². The zero-order valence-electron chi connectivity index (χ0n) is 11.1. The molecule has 1 aromatic rings. The van der Waals surface area contributed by atoms with Crippen molar-refractivity contribution in [2.24, 2.45) is 5.92 Å². The van der Waals surface area contributed by atoms with E-state index in [1.165, 1.54) is 37.0 Å². The third-order valence-corrected chi connectivity index (χ3v) is 5.08. The summed E-state index contributed by atoms with van der Waals surface area (Å²) in [6, 6.07) is 0.492. The molecule has 18 heavy (non-hydrogen) atoms. The maximum Gasteiger partial charge on any atom is 0.347 e. The van der Waals surface area contributed by atoms with Crippen molar-refractivity contribution in [3.05, 3.63) is 10.6 Å². The van der Waals surface area contributed by atoms with Gasteiger partial charge in [-0.2, -0.15) is 0 Å². The van der Waals surface area contributed by atoms with E-state index in [4.69, 9.17) is 5.11 Å². The van der Waals surface area contributed by atoms with Gasteiger partial charge in [-0.1, -0.05) is 31.1 Å². The van der Waals surface area contributed by atoms with Crippen LogP contribution in [0.1, 0.15) is 48.0 Å². The first kappa shape index (κ1) is 13.3. The maximum absolute atomic E-state index is 11.1. The molecule has 2 rings (SSSR count). The molecule has 1 aliphatic carbocycles. The molecule has 4 nitrogen and oxygen atoms in total. The van der Waals surface area contributed by atoms with E-state index >= 15 is 0 Å². The van der Waals surface area contributed by atoms with Gasteiger partial charge in [0.15, 0.2) is 5.13 Å². The molecule has 2 unspecified atom stereocenters. The minimum absolute atomic E-state index is 0.361. The highest BCUT2D eigenvalue weighted by Crippen LogP contribution is 2.33. The summed E-state index contributed by atoms with van der Waals surface area (Å²) in [6.45, 7) is 4.04. The molecule has 1 heterocycles. The molecular weight excluding hydrogens is 248 g/mol. The van der Waals surface area contributed by atoms with Gasteiger partial charge < -0.3 is 10.0 Å². The van der Waals surface area contributed by atoms with Crippen LogP contribution in [0.5, 0.6) is 0 Å². The average Bonchev–Trinajstić information content (AvgIpc) is 2.71. The van der Waals surface area contributed by atoms with E-state index in [-0.39, 0.29) is 0 Å². The summed E-state index contributed by atoms with van der Waals surface area (Å²) in [5.74, 6) is -0.220. The fourth-order valence-corrected chi connectivity index (χ4v) is 3.67. The summed E-state index contributed by atoms with van der Waals surface area (Å²) < 4.78 is 0. The molecule has 2 atom stereocenters. The van der Waals surface area contributed by atoms with Gasteiger partial charge in [-0.05, 0) is 25.7 Å². The third-order valence-electron chi connectivity index (χ3n) is 3.84. The van der Waals surface area contributed by atoms with Crippen LogP contribution in [0, 0.1) is 12.8 Å². The molecule has 5 heteroatoms. The Kier molecular flexibility index (Phi) is 3.90. The van der Waals surface area contributed by atoms with E-state index in [9.17, 15) is 4.79 Å². The van der Waals surface area contributed by atoms with Crippen LogP contribution in [0.3, 0.4) is 0 Å². The Hall–Kier alpha value is -1.10. The van der Waals surface area contributed by atoms with E-state index in [1.807, 2.05) is 7.05 Å². The first-order valence-corrected chi connectivity index (χ1v) is 7.26. The van der Waals surface area contributed by atoms with Crippen molar-refractivity contribution in [3.8, 4) is 0 Å². The lowest BCUT2D eigenvalue weighted by atomic mass is 9.85. The molecule has 0 amide bonds. The number of hydrogen-bond donors (Lipinski definition) is 1. The quantitative estimate of drug-likeness (QED) is 0.915. The molecule has 1 aromatic heterocycles. The van der Waals surface area contributed by atoms with E-state index in [0.717, 1.165) is 5.13 Å². The van der Waals surface area contributed by atoms with Crippen molar-refractivity contribution in [1.82, 2.24) is 4.98 Å². The average molecular weight is 268 g/mol. The highest BCUT2D eigenvalue weighted by atomic mass is 32.1. The molecule has 1 N–H and O–H groups in total. The lowest BCUT2D eigenvalue weighted by Gasteiger charge is -2.36. The molecule has 1 aliphatic rings. The maximum atomic E-state index is 11.1. The molecular formula is C13H20N2O2S. The SMILES string of the molecule is Cc1nc(N(C)C2CCCCC2C)sc1C(=O)O. The van der Waals surface area contributed by atoms with Crippen molar-refractivity contribution < 1.29 is 9.90 Å². The van der Waals surface area contributed by atoms with Crippen molar-refractivity contribution in [3.63, 3.8) is 0 Å². The zero-order valence-corrected chi connectivity index (χ0v) is 12.0. The second-order valence-corrected chi connectivity index (χ2v) is 6.13. The highest BCUT2D eigenvalue weighted by molar-refractivity contribution is 7.17. The topological polar surface area (TPSA) is 53.4 Å². The molecule has 0 saturated heterocycles. The number of carboxylic acid groups (broad SMARTS) is 1. The predicted octanol–water partition coefficient (Wildman–Crippen LogP) is 3.16. The van der Waals surface area contributed by atoms with Crippen LogP contribution in [0.2, 0.25) is 0 Å². The number of aryl methyl sites for hydroxylation is 1. The Balaban J connectivity index is 2.20. The van der Waals surface area contributed by atoms with Gasteiger partial charge in [0, 0.05) is 13.1 Å². The fourth-order valence-electron chi connectivity index (χ4n) is 2.75. The number of aromatic nitrogens is 1. The first-order valence-electron chi connectivity index (χ1n) is 6.44. The van der Waals surface area contributed by atoms with E-state index in [2.05, 4.69) is 16.8 Å². The Morgan fingerprint density at radius 3 is 2.67 bits per heavy atom. The van der Waals surface area contributed by atoms with Crippen molar-refractivity contribution >= 4 is 22.4 Å². The lowest BCUT2D eigenvalue weighted by molar-refractivity contribution is 0.0701. The van der Waals surface area contributed by atoms with E-state index in [1.54, 1.807) is 6.92 Å². The summed E-state index contributed by atoms with van der Waals surface area (Å²) in [5.41, 5.74) is 0.623. The van der Waals surface area contributed by atoms with Gasteiger partial charge in [0.05, 0.1) is 5.69 Å². The standard InChI is InChI=1S/C13H20N2O2S/c1-8-6-4-5-7-10(8)15(3)13-14-9(2)11(18-13)12(16)17/h8,10H,4-7H2,1-3H3,(H,16,17). The van der Waals surface area contributed by atoms with Crippen LogP contribution in [-0.4, -0.2) is 29.1 Å². The zero-order chi connectivity index (χ0) is 13.3. The summed E-state index contributed by atoms with van der Waals surface area (Å²) >= 11 is 1.29. The van der Waals surface area contributed by atoms with E-state index in [0.29, 0.717) is 22.5 Å². The summed E-state index contributed by atoms with van der Waals surface area (Å²) in [4.78, 5) is 18.0. The number of nitrogens with zero attached hydrogens (tertiary/aromatic N) is 2. The minimum atomic E-state index is -0.874. The number of carbonyl (C=O) groups is 1. The number of carboxylic acids is 1. The Bertz CT molecular complexity index is 444. The predicted molar refractivity (Wildman–Crippen MR) is 73.6 cm³/mol. The highest BCUT2D eigenvalue weighted by Gasteiger charge is 2.27. The second kappa shape index (κ2) is 5.26. The van der Waals surface area contributed by atoms with Gasteiger partial charge in [0.25, 0.3) is 0 Å². The van der Waals surface area contributed by atoms with Crippen LogP contribution in [-0.2, 0) is 0 Å². The van der Waals surface area contributed by atoms with Crippen molar-refractivity contribution in [2.45, 2.75) is 45.6 Å². The largest absolute Gasteiger partial charge is 0.477 e. The van der Waals surface area contributed by atoms with Crippen LogP contribution < -0.4 is 4.90 Å². The Morgan fingerprint density at radius 2 is 2.11 bits per heavy atom. The first-order chi connectivity index (χ1) is 8.50. The summed E-state index contributed by atoms with van der Waals surface area (Å²) in [6.07, 6.45) is 5.00. The summed E-state index contributed by atoms with van der Waals surface area (Å²) in [5, 5.41) is 9.91. The Labute approximate surface area is 112 Å². The molecule has 1 saturated carbocycles. The molecule has 0 aromatic carbocycles. The van der Waals surface area contributed by atoms with E-state index < -0.39 is 5.97 Å². The van der Waals surface area contributed by atoms with Crippen LogP contribution in [0.4, 0.5) is 5.13 Å².